The van der Waals surface area contributed by atoms with Gasteiger partial charge in [-0.1, -0.05) is 29.3 Å². The van der Waals surface area contributed by atoms with E-state index in [4.69, 9.17) is 38.0 Å². The van der Waals surface area contributed by atoms with Crippen LogP contribution in [0.2, 0.25) is 10.0 Å². The highest BCUT2D eigenvalue weighted by Gasteiger charge is 2.38. The van der Waals surface area contributed by atoms with E-state index in [2.05, 4.69) is 22.5 Å². The van der Waals surface area contributed by atoms with E-state index in [1.807, 2.05) is 104 Å². The molecule has 13 heteroatoms. The third kappa shape index (κ3) is 7.52. The molecule has 9 rings (SSSR count). The Hall–Kier alpha value is -5.78. The number of halogens is 2. The van der Waals surface area contributed by atoms with Crippen LogP contribution in [0.25, 0.3) is 32.9 Å². The van der Waals surface area contributed by atoms with E-state index < -0.39 is 5.97 Å². The Labute approximate surface area is 377 Å². The number of benzene rings is 3. The number of anilines is 2. The maximum Gasteiger partial charge on any atom is 0.352 e. The third-order valence-electron chi connectivity index (χ3n) is 13.0. The second-order valence-electron chi connectivity index (χ2n) is 17.5. The van der Waals surface area contributed by atoms with Gasteiger partial charge < -0.3 is 28.8 Å². The largest absolute Gasteiger partial charge is 0.494 e. The second-order valence-corrected chi connectivity index (χ2v) is 18.3. The molecule has 4 aromatic heterocycles. The highest BCUT2D eigenvalue weighted by Crippen LogP contribution is 2.46. The van der Waals surface area contributed by atoms with Gasteiger partial charge in [0.05, 0.1) is 46.3 Å². The highest BCUT2D eigenvalue weighted by molar-refractivity contribution is 6.35. The first kappa shape index (κ1) is 42.5. The van der Waals surface area contributed by atoms with Crippen molar-refractivity contribution in [1.29, 1.82) is 0 Å². The summed E-state index contributed by atoms with van der Waals surface area (Å²) in [6, 6.07) is 17.5. The fraction of sp³-hybridized carbons (Fsp3) is 0.360. The predicted molar refractivity (Wildman–Crippen MR) is 253 cm³/mol. The Morgan fingerprint density at radius 3 is 2.37 bits per heavy atom. The lowest BCUT2D eigenvalue weighted by atomic mass is 9.98. The van der Waals surface area contributed by atoms with Crippen molar-refractivity contribution in [2.24, 2.45) is 7.05 Å². The van der Waals surface area contributed by atoms with E-state index >= 15 is 4.79 Å². The van der Waals surface area contributed by atoms with Gasteiger partial charge in [-0.05, 0) is 144 Å². The number of hydrogen-bond donors (Lipinski definition) is 1. The minimum absolute atomic E-state index is 0.141. The quantitative estimate of drug-likeness (QED) is 0.129. The predicted octanol–water partition coefficient (Wildman–Crippen LogP) is 11.2. The molecule has 1 fully saturated rings. The van der Waals surface area contributed by atoms with Gasteiger partial charge in [-0.2, -0.15) is 5.10 Å². The van der Waals surface area contributed by atoms with E-state index in [1.54, 1.807) is 6.07 Å². The average Bonchev–Trinajstić information content (AvgIpc) is 3.88. The van der Waals surface area contributed by atoms with Crippen LogP contribution in [-0.2, 0) is 20.0 Å². The molecule has 0 spiro atoms. The number of carbonyl (C=O) groups excluding carboxylic acids is 1. The number of piperidine rings is 1. The van der Waals surface area contributed by atoms with Gasteiger partial charge in [0.25, 0.3) is 5.91 Å². The number of hydrogen-bond acceptors (Lipinski definition) is 6. The molecule has 1 amide bonds. The number of carbonyl (C=O) groups is 2. The van der Waals surface area contributed by atoms with Crippen LogP contribution in [0.3, 0.4) is 0 Å². The maximum atomic E-state index is 15.6. The van der Waals surface area contributed by atoms with Gasteiger partial charge in [-0.3, -0.25) is 14.5 Å². The fourth-order valence-electron chi connectivity index (χ4n) is 10.1. The molecule has 2 aliphatic heterocycles. The summed E-state index contributed by atoms with van der Waals surface area (Å²) in [6.45, 7) is 15.1. The van der Waals surface area contributed by atoms with Gasteiger partial charge >= 0.3 is 5.97 Å². The zero-order valence-electron chi connectivity index (χ0n) is 37.0. The van der Waals surface area contributed by atoms with Crippen LogP contribution >= 0.6 is 23.2 Å². The molecule has 0 bridgehead atoms. The lowest BCUT2D eigenvalue weighted by Gasteiger charge is -2.35. The number of aromatic carboxylic acids is 1. The number of amides is 1. The summed E-state index contributed by atoms with van der Waals surface area (Å²) in [5, 5.41) is 18.4. The van der Waals surface area contributed by atoms with Crippen molar-refractivity contribution < 1.29 is 19.4 Å². The highest BCUT2D eigenvalue weighted by atomic mass is 35.5. The minimum atomic E-state index is -1.04. The SMILES string of the molecule is Cc1cc(N2C[C@@H](C)n3c(c(CCCOc4cc(C)c(Cl)c(C)c4)c4ccc(Cl)c(-c5c(C)nn(C)c5C)c43)C2=O)c2c(c1)cc(C(=O)O)n2Cc1cc(N2CCCCC2)ccn1. The third-order valence-corrected chi connectivity index (χ3v) is 13.9. The summed E-state index contributed by atoms with van der Waals surface area (Å²) in [6.07, 6.45) is 6.51. The fourth-order valence-corrected chi connectivity index (χ4v) is 10.4. The molecule has 7 aromatic rings. The lowest BCUT2D eigenvalue weighted by molar-refractivity contribution is 0.0686. The lowest BCUT2D eigenvalue weighted by Crippen LogP contribution is -2.43. The van der Waals surface area contributed by atoms with Crippen molar-refractivity contribution >= 4 is 68.3 Å². The smallest absolute Gasteiger partial charge is 0.352 e. The van der Waals surface area contributed by atoms with Crippen LogP contribution in [0.5, 0.6) is 5.75 Å². The molecule has 0 saturated carbocycles. The number of fused-ring (bicyclic) bond motifs is 4. The number of aromatic nitrogens is 5. The summed E-state index contributed by atoms with van der Waals surface area (Å²) in [5.41, 5.74) is 12.2. The van der Waals surface area contributed by atoms with Crippen molar-refractivity contribution in [2.75, 3.05) is 36.0 Å². The van der Waals surface area contributed by atoms with E-state index in [9.17, 15) is 9.90 Å². The molecule has 1 atom stereocenters. The summed E-state index contributed by atoms with van der Waals surface area (Å²) in [7, 11) is 1.93. The number of pyridine rings is 1. The van der Waals surface area contributed by atoms with Crippen LogP contribution < -0.4 is 14.5 Å². The zero-order chi connectivity index (χ0) is 44.4. The number of nitrogens with zero attached hydrogens (tertiary/aromatic N) is 7. The van der Waals surface area contributed by atoms with Gasteiger partial charge in [0, 0.05) is 77.2 Å². The standard InChI is InChI=1S/C50H53Cl2N7O4/c1-28-20-34-24-42(50(61)62)57(27-35-25-36(15-16-53-35)56-17-9-8-10-18-56)46(34)41(21-28)58-26-31(4)59-47-39(13-14-40(51)44(47)43-32(5)54-55(7)33(43)6)38(48(59)49(58)60)12-11-19-63-37-22-29(2)45(52)30(3)23-37/h13-16,20-25,31H,8-12,17-19,26-27H2,1-7H3,(H,61,62)/t31-/m1/s1. The van der Waals surface area contributed by atoms with Crippen LogP contribution in [0.15, 0.2) is 60.8 Å². The molecule has 326 valence electrons. The van der Waals surface area contributed by atoms with Crippen LogP contribution in [0.4, 0.5) is 11.4 Å². The Kier molecular flexibility index (Phi) is 11.3. The molecule has 0 aliphatic carbocycles. The van der Waals surface area contributed by atoms with Crippen molar-refractivity contribution in [3.8, 4) is 16.9 Å². The van der Waals surface area contributed by atoms with Gasteiger partial charge in [-0.15, -0.1) is 0 Å². The number of ether oxygens (including phenoxy) is 1. The van der Waals surface area contributed by atoms with Gasteiger partial charge in [0.1, 0.15) is 17.1 Å². The van der Waals surface area contributed by atoms with E-state index in [0.29, 0.717) is 47.9 Å². The molecule has 11 nitrogen and oxygen atoms in total. The Morgan fingerprint density at radius 2 is 1.67 bits per heavy atom. The van der Waals surface area contributed by atoms with Crippen molar-refractivity contribution in [3.63, 3.8) is 0 Å². The average molecular weight is 887 g/mol. The van der Waals surface area contributed by atoms with Crippen LogP contribution in [-0.4, -0.2) is 67.1 Å². The number of carboxylic acids is 1. The molecule has 3 aromatic carbocycles. The minimum Gasteiger partial charge on any atom is -0.494 e. The molecular formula is C50H53Cl2N7O4. The summed E-state index contributed by atoms with van der Waals surface area (Å²) in [5.74, 6) is -0.446. The topological polar surface area (TPSA) is 111 Å². The van der Waals surface area contributed by atoms with Crippen molar-refractivity contribution in [3.05, 3.63) is 122 Å². The van der Waals surface area contributed by atoms with Gasteiger partial charge in [-0.25, -0.2) is 4.79 Å². The van der Waals surface area contributed by atoms with Crippen LogP contribution in [0.1, 0.15) is 99.0 Å². The molecule has 1 N–H and O–H groups in total. The van der Waals surface area contributed by atoms with Crippen molar-refractivity contribution in [1.82, 2.24) is 23.9 Å². The first-order valence-corrected chi connectivity index (χ1v) is 22.6. The van der Waals surface area contributed by atoms with E-state index in [-0.39, 0.29) is 24.2 Å². The molecule has 2 aliphatic rings. The number of aryl methyl sites for hydroxylation is 6. The van der Waals surface area contributed by atoms with Crippen LogP contribution in [0, 0.1) is 34.6 Å². The number of rotatable bonds is 11. The maximum absolute atomic E-state index is 15.6. The first-order valence-electron chi connectivity index (χ1n) is 21.9. The molecule has 6 heterocycles. The van der Waals surface area contributed by atoms with Gasteiger partial charge in [0.15, 0.2) is 0 Å². The zero-order valence-corrected chi connectivity index (χ0v) is 38.5. The first-order chi connectivity index (χ1) is 30.2. The summed E-state index contributed by atoms with van der Waals surface area (Å²) in [4.78, 5) is 37.6. The monoisotopic (exact) mass is 885 g/mol. The molecule has 0 unspecified atom stereocenters. The van der Waals surface area contributed by atoms with Gasteiger partial charge in [0.2, 0.25) is 0 Å². The Bertz CT molecular complexity index is 2950. The molecule has 1 saturated heterocycles. The van der Waals surface area contributed by atoms with Crippen molar-refractivity contribution in [2.45, 2.75) is 86.2 Å². The normalized spacial score (nSPS) is 15.5. The Morgan fingerprint density at radius 1 is 0.921 bits per heavy atom. The van der Waals surface area contributed by atoms with E-state index in [1.165, 1.54) is 6.42 Å². The molecule has 63 heavy (non-hydrogen) atoms. The number of carboxylic acid groups (broad SMARTS) is 1. The summed E-state index contributed by atoms with van der Waals surface area (Å²) < 4.78 is 12.2. The molecular weight excluding hydrogens is 834 g/mol. The van der Waals surface area contributed by atoms with E-state index in [0.717, 1.165) is 109 Å². The second kappa shape index (κ2) is 16.7. The Balaban J connectivity index is 1.18. The summed E-state index contributed by atoms with van der Waals surface area (Å²) >= 11 is 13.7. The molecule has 0 radical (unpaired) electrons.